The van der Waals surface area contributed by atoms with E-state index in [1.807, 2.05) is 96.2 Å². The van der Waals surface area contributed by atoms with Gasteiger partial charge in [0.05, 0.1) is 5.39 Å². The number of likely N-dealkylation sites (N-methyl/N-ethyl adjacent to an activating group) is 1. The molecule has 1 aliphatic carbocycles. The molecule has 0 bridgehead atoms. The lowest BCUT2D eigenvalue weighted by Gasteiger charge is -2.16. The second-order valence-electron chi connectivity index (χ2n) is 10.7. The van der Waals surface area contributed by atoms with E-state index in [0.29, 0.717) is 17.7 Å². The van der Waals surface area contributed by atoms with E-state index < -0.39 is 0 Å². The van der Waals surface area contributed by atoms with Crippen LogP contribution in [0.1, 0.15) is 5.69 Å². The van der Waals surface area contributed by atoms with Crippen LogP contribution < -0.4 is 10.5 Å². The molecule has 2 fully saturated rings. The molecule has 2 aromatic heterocycles. The standard InChI is InChI=1S/C32H32N6O2/c1-36(2)17-7-10-28(39)38-18-25-24(26(25)19-38)15-16-27-29(30-31(33)34-20-35-32(30)37(27)3)21-11-13-23(14-12-21)40-22-8-5-4-6-9-22/h4-14,20,24-26H,17-19H2,1-3H3,(H2,33,34,35)/b10-7+/t24-,25-,26+. The van der Waals surface area contributed by atoms with E-state index in [4.69, 9.17) is 10.5 Å². The zero-order valence-corrected chi connectivity index (χ0v) is 22.9. The molecular formula is C32H32N6O2. The Kier molecular flexibility index (Phi) is 6.74. The Morgan fingerprint density at radius 2 is 1.77 bits per heavy atom. The smallest absolute Gasteiger partial charge is 0.246 e. The highest BCUT2D eigenvalue weighted by molar-refractivity contribution is 6.03. The van der Waals surface area contributed by atoms with Gasteiger partial charge in [-0.1, -0.05) is 42.3 Å². The van der Waals surface area contributed by atoms with Gasteiger partial charge >= 0.3 is 0 Å². The van der Waals surface area contributed by atoms with E-state index in [-0.39, 0.29) is 11.8 Å². The van der Waals surface area contributed by atoms with Crippen LogP contribution in [0.5, 0.6) is 11.5 Å². The van der Waals surface area contributed by atoms with E-state index in [2.05, 4.69) is 21.8 Å². The predicted molar refractivity (Wildman–Crippen MR) is 156 cm³/mol. The van der Waals surface area contributed by atoms with Crippen molar-refractivity contribution in [1.82, 2.24) is 24.3 Å². The van der Waals surface area contributed by atoms with Gasteiger partial charge in [0.1, 0.15) is 35.0 Å². The van der Waals surface area contributed by atoms with Gasteiger partial charge in [-0.2, -0.15) is 0 Å². The highest BCUT2D eigenvalue weighted by atomic mass is 16.5. The number of carbonyl (C=O) groups excluding carboxylic acids is 1. The van der Waals surface area contributed by atoms with Gasteiger partial charge < -0.3 is 24.8 Å². The number of para-hydroxylation sites is 1. The number of benzene rings is 2. The maximum atomic E-state index is 12.5. The van der Waals surface area contributed by atoms with Gasteiger partial charge in [-0.05, 0) is 61.7 Å². The lowest BCUT2D eigenvalue weighted by atomic mass is 10.0. The number of carbonyl (C=O) groups is 1. The number of rotatable bonds is 6. The summed E-state index contributed by atoms with van der Waals surface area (Å²) in [4.78, 5) is 25.3. The number of anilines is 1. The maximum absolute atomic E-state index is 12.5. The molecule has 1 amide bonds. The third-order valence-corrected chi connectivity index (χ3v) is 7.71. The van der Waals surface area contributed by atoms with Crippen molar-refractivity contribution in [2.45, 2.75) is 0 Å². The Morgan fingerprint density at radius 3 is 2.48 bits per heavy atom. The first-order valence-corrected chi connectivity index (χ1v) is 13.4. The Balaban J connectivity index is 1.25. The number of hydrogen-bond donors (Lipinski definition) is 1. The fraction of sp³-hybridized carbons (Fsp3) is 0.281. The zero-order valence-electron chi connectivity index (χ0n) is 22.9. The number of aryl methyl sites for hydroxylation is 1. The van der Waals surface area contributed by atoms with Crippen LogP contribution in [0, 0.1) is 29.6 Å². The van der Waals surface area contributed by atoms with Crippen LogP contribution in [0.4, 0.5) is 5.82 Å². The van der Waals surface area contributed by atoms with Crippen molar-refractivity contribution in [2.24, 2.45) is 24.8 Å². The fourth-order valence-corrected chi connectivity index (χ4v) is 5.56. The normalized spacial score (nSPS) is 19.6. The van der Waals surface area contributed by atoms with E-state index in [1.54, 1.807) is 6.08 Å². The Morgan fingerprint density at radius 1 is 1.07 bits per heavy atom. The molecule has 3 atom stereocenters. The summed E-state index contributed by atoms with van der Waals surface area (Å²) in [6, 6.07) is 17.6. The van der Waals surface area contributed by atoms with Gasteiger partial charge in [-0.25, -0.2) is 9.97 Å². The van der Waals surface area contributed by atoms with Crippen molar-refractivity contribution in [1.29, 1.82) is 0 Å². The van der Waals surface area contributed by atoms with Gasteiger partial charge in [0.25, 0.3) is 0 Å². The first kappa shape index (κ1) is 25.7. The maximum Gasteiger partial charge on any atom is 0.246 e. The molecule has 8 nitrogen and oxygen atoms in total. The molecule has 6 rings (SSSR count). The number of nitrogens with zero attached hydrogens (tertiary/aromatic N) is 5. The second-order valence-corrected chi connectivity index (χ2v) is 10.7. The van der Waals surface area contributed by atoms with Crippen LogP contribution >= 0.6 is 0 Å². The van der Waals surface area contributed by atoms with E-state index in [9.17, 15) is 4.79 Å². The average Bonchev–Trinajstić information content (AvgIpc) is 3.25. The van der Waals surface area contributed by atoms with Crippen LogP contribution in [-0.4, -0.2) is 64.0 Å². The highest BCUT2D eigenvalue weighted by Crippen LogP contribution is 2.51. The number of nitrogens with two attached hydrogens (primary N) is 1. The largest absolute Gasteiger partial charge is 0.457 e. The molecule has 4 aromatic rings. The lowest BCUT2D eigenvalue weighted by Crippen LogP contribution is -2.30. The molecule has 40 heavy (non-hydrogen) atoms. The molecule has 1 saturated carbocycles. The monoisotopic (exact) mass is 532 g/mol. The summed E-state index contributed by atoms with van der Waals surface area (Å²) in [6.07, 6.45) is 5.09. The Hall–Kier alpha value is -4.61. The molecule has 0 spiro atoms. The van der Waals surface area contributed by atoms with Gasteiger partial charge in [0, 0.05) is 44.2 Å². The minimum atomic E-state index is 0.0884. The molecule has 2 aliphatic rings. The van der Waals surface area contributed by atoms with Crippen molar-refractivity contribution in [3.63, 3.8) is 0 Å². The number of fused-ring (bicyclic) bond motifs is 2. The zero-order chi connectivity index (χ0) is 27.8. The highest BCUT2D eigenvalue weighted by Gasteiger charge is 2.55. The summed E-state index contributed by atoms with van der Waals surface area (Å²) < 4.78 is 7.98. The molecule has 1 saturated heterocycles. The van der Waals surface area contributed by atoms with Gasteiger partial charge in [0.2, 0.25) is 5.91 Å². The molecule has 2 aromatic carbocycles. The van der Waals surface area contributed by atoms with Gasteiger partial charge in [0.15, 0.2) is 0 Å². The minimum absolute atomic E-state index is 0.0884. The third-order valence-electron chi connectivity index (χ3n) is 7.71. The van der Waals surface area contributed by atoms with E-state index in [1.165, 1.54) is 6.33 Å². The van der Waals surface area contributed by atoms with Crippen LogP contribution in [0.25, 0.3) is 22.2 Å². The summed E-state index contributed by atoms with van der Waals surface area (Å²) in [7, 11) is 5.94. The summed E-state index contributed by atoms with van der Waals surface area (Å²) in [5, 5.41) is 0.795. The van der Waals surface area contributed by atoms with Crippen molar-refractivity contribution in [3.05, 3.63) is 78.8 Å². The molecule has 8 heteroatoms. The van der Waals surface area contributed by atoms with Gasteiger partial charge in [-0.3, -0.25) is 4.79 Å². The molecule has 202 valence electrons. The fourth-order valence-electron chi connectivity index (χ4n) is 5.56. The minimum Gasteiger partial charge on any atom is -0.457 e. The Bertz CT molecular complexity index is 1630. The van der Waals surface area contributed by atoms with Crippen LogP contribution in [-0.2, 0) is 11.8 Å². The third kappa shape index (κ3) is 4.92. The number of nitrogen functional groups attached to an aromatic ring is 1. The summed E-state index contributed by atoms with van der Waals surface area (Å²) >= 11 is 0. The van der Waals surface area contributed by atoms with Gasteiger partial charge in [-0.15, -0.1) is 0 Å². The Labute approximate surface area is 234 Å². The number of aromatic nitrogens is 3. The van der Waals surface area contributed by atoms with Crippen molar-refractivity contribution in [2.75, 3.05) is 39.5 Å². The van der Waals surface area contributed by atoms with Crippen molar-refractivity contribution >= 4 is 22.8 Å². The van der Waals surface area contributed by atoms with Crippen LogP contribution in [0.15, 0.2) is 73.1 Å². The first-order chi connectivity index (χ1) is 19.4. The number of likely N-dealkylation sites (tertiary alicyclic amines) is 1. The van der Waals surface area contributed by atoms with E-state index >= 15 is 0 Å². The summed E-state index contributed by atoms with van der Waals surface area (Å²) in [5.74, 6) is 10.2. The molecule has 1 aliphatic heterocycles. The van der Waals surface area contributed by atoms with Crippen LogP contribution in [0.2, 0.25) is 0 Å². The topological polar surface area (TPSA) is 89.5 Å². The number of ether oxygens (including phenoxy) is 1. The first-order valence-electron chi connectivity index (χ1n) is 13.4. The second kappa shape index (κ2) is 10.5. The van der Waals surface area contributed by atoms with E-state index in [0.717, 1.165) is 59.0 Å². The molecule has 0 radical (unpaired) electrons. The molecule has 0 unspecified atom stereocenters. The van der Waals surface area contributed by atoms with Crippen molar-refractivity contribution in [3.8, 4) is 34.5 Å². The SMILES string of the molecule is CN(C)C/C=C/C(=O)N1C[C@@H]2[C@@H](C#Cc3c(-c4ccc(Oc5ccccc5)cc4)c4c(N)ncnc4n3C)[C@@H]2C1. The summed E-state index contributed by atoms with van der Waals surface area (Å²) in [5.41, 5.74) is 9.84. The van der Waals surface area contributed by atoms with Crippen LogP contribution in [0.3, 0.4) is 0 Å². The molecule has 3 heterocycles. The molecular weight excluding hydrogens is 500 g/mol. The average molecular weight is 533 g/mol. The summed E-state index contributed by atoms with van der Waals surface area (Å²) in [6.45, 7) is 2.28. The number of piperidine rings is 1. The molecule has 2 N–H and O–H groups in total. The van der Waals surface area contributed by atoms with Crippen molar-refractivity contribution < 1.29 is 9.53 Å². The predicted octanol–water partition coefficient (Wildman–Crippen LogP) is 4.18. The number of amides is 1. The lowest BCUT2D eigenvalue weighted by molar-refractivity contribution is -0.125. The quantitative estimate of drug-likeness (QED) is 0.296. The number of hydrogen-bond acceptors (Lipinski definition) is 6.